The van der Waals surface area contributed by atoms with E-state index in [1.54, 1.807) is 3.61 Å². The molecule has 1 aromatic carbocycles. The average Bonchev–Trinajstić information content (AvgIpc) is 1.90. The van der Waals surface area contributed by atoms with Crippen molar-refractivity contribution in [1.29, 1.82) is 0 Å². The Bertz CT molecular complexity index is 150. The first-order chi connectivity index (χ1) is 3.93. The van der Waals surface area contributed by atoms with Crippen molar-refractivity contribution in [3.8, 4) is 0 Å². The zero-order chi connectivity index (χ0) is 5.82. The van der Waals surface area contributed by atoms with Crippen LogP contribution in [0.2, 0.25) is 0 Å². The van der Waals surface area contributed by atoms with Crippen LogP contribution < -0.4 is 3.61 Å². The van der Waals surface area contributed by atoms with Crippen LogP contribution in [0.1, 0.15) is 0 Å². The van der Waals surface area contributed by atoms with Gasteiger partial charge in [-0.25, -0.2) is 0 Å². The van der Waals surface area contributed by atoms with Crippen molar-refractivity contribution in [2.24, 2.45) is 0 Å². The summed E-state index contributed by atoms with van der Waals surface area (Å²) in [6.45, 7) is 0. The molecule has 0 aliphatic carbocycles. The van der Waals surface area contributed by atoms with E-state index in [-0.39, 0.29) is 17.2 Å². The molecule has 0 saturated carbocycles. The number of rotatable bonds is 1. The molecule has 1 rings (SSSR count). The SMILES string of the molecule is [Mg+][Te]c1ccccc1. The molecule has 0 bridgehead atoms. The van der Waals surface area contributed by atoms with Gasteiger partial charge in [-0.1, -0.05) is 0 Å². The van der Waals surface area contributed by atoms with E-state index in [0.29, 0.717) is 0 Å². The fourth-order valence-electron chi connectivity index (χ4n) is 0.517. The van der Waals surface area contributed by atoms with Crippen molar-refractivity contribution in [1.82, 2.24) is 0 Å². The molecule has 0 fully saturated rings. The van der Waals surface area contributed by atoms with Gasteiger partial charge < -0.3 is 0 Å². The standard InChI is InChI=1S/C6H6Te.Mg/c7-6-4-2-1-3-5-6;/h1-5,7H;/q;+2/p-1. The second-order valence-corrected chi connectivity index (χ2v) is 5.56. The molecule has 0 saturated heterocycles. The van der Waals surface area contributed by atoms with E-state index < -0.39 is 0 Å². The van der Waals surface area contributed by atoms with Gasteiger partial charge in [0.05, 0.1) is 0 Å². The minimum absolute atomic E-state index is 0.186. The van der Waals surface area contributed by atoms with Gasteiger partial charge in [0.2, 0.25) is 0 Å². The first-order valence-electron chi connectivity index (χ1n) is 2.40. The molecule has 2 heteroatoms. The van der Waals surface area contributed by atoms with Crippen LogP contribution in [0.4, 0.5) is 0 Å². The normalized spacial score (nSPS) is 9.25. The maximum atomic E-state index is 2.20. The molecule has 0 amide bonds. The van der Waals surface area contributed by atoms with E-state index >= 15 is 0 Å². The van der Waals surface area contributed by atoms with E-state index in [0.717, 1.165) is 0 Å². The van der Waals surface area contributed by atoms with Crippen LogP contribution in [-0.4, -0.2) is 35.1 Å². The Balaban J connectivity index is 2.83. The van der Waals surface area contributed by atoms with Crippen LogP contribution in [-0.2, 0) is 0 Å². The molecule has 0 spiro atoms. The molecule has 0 aromatic heterocycles. The summed E-state index contributed by atoms with van der Waals surface area (Å²) in [6, 6.07) is 10.7. The van der Waals surface area contributed by atoms with Crippen molar-refractivity contribution in [3.05, 3.63) is 30.3 Å². The number of hydrogen-bond donors (Lipinski definition) is 0. The third kappa shape index (κ3) is 1.95. The molecular weight excluding hydrogens is 224 g/mol. The van der Waals surface area contributed by atoms with Crippen LogP contribution in [0.15, 0.2) is 30.3 Å². The molecule has 0 nitrogen and oxygen atoms in total. The zero-order valence-corrected chi connectivity index (χ0v) is 8.25. The van der Waals surface area contributed by atoms with Gasteiger partial charge in [0, 0.05) is 0 Å². The summed E-state index contributed by atoms with van der Waals surface area (Å²) in [5.74, 6) is 0. The molecular formula is C6H5MgTe+. The Morgan fingerprint density at radius 2 is 1.75 bits per heavy atom. The van der Waals surface area contributed by atoms with Gasteiger partial charge >= 0.3 is 69.1 Å². The van der Waals surface area contributed by atoms with Crippen molar-refractivity contribution in [3.63, 3.8) is 0 Å². The minimum atomic E-state index is 0.186. The van der Waals surface area contributed by atoms with Gasteiger partial charge in [0.15, 0.2) is 0 Å². The topological polar surface area (TPSA) is 0 Å². The molecule has 0 heterocycles. The Morgan fingerprint density at radius 3 is 2.12 bits per heavy atom. The van der Waals surface area contributed by atoms with Gasteiger partial charge in [0.25, 0.3) is 0 Å². The van der Waals surface area contributed by atoms with E-state index in [9.17, 15) is 0 Å². The predicted octanol–water partition coefficient (Wildman–Crippen LogP) is 0.0996. The van der Waals surface area contributed by atoms with Gasteiger partial charge in [-0.05, 0) is 0 Å². The summed E-state index contributed by atoms with van der Waals surface area (Å²) >= 11 is 2.30. The molecule has 1 aromatic rings. The predicted molar refractivity (Wildman–Crippen MR) is 37.6 cm³/mol. The van der Waals surface area contributed by atoms with Crippen LogP contribution in [0.3, 0.4) is 0 Å². The molecule has 8 heavy (non-hydrogen) atoms. The van der Waals surface area contributed by atoms with E-state index in [4.69, 9.17) is 0 Å². The number of hydrogen-bond acceptors (Lipinski definition) is 0. The van der Waals surface area contributed by atoms with Crippen molar-refractivity contribution in [2.75, 3.05) is 0 Å². The average molecular weight is 229 g/mol. The van der Waals surface area contributed by atoms with Crippen LogP contribution in [0.25, 0.3) is 0 Å². The summed E-state index contributed by atoms with van der Waals surface area (Å²) in [5, 5.41) is 0. The van der Waals surface area contributed by atoms with Crippen molar-refractivity contribution >= 4 is 38.7 Å². The first-order valence-corrected chi connectivity index (χ1v) is 9.09. The molecule has 36 valence electrons. The van der Waals surface area contributed by atoms with Crippen LogP contribution >= 0.6 is 0 Å². The summed E-state index contributed by atoms with van der Waals surface area (Å²) in [4.78, 5) is 0. The molecule has 0 aliphatic heterocycles. The third-order valence-corrected chi connectivity index (χ3v) is 4.87. The fourth-order valence-corrected chi connectivity index (χ4v) is 2.81. The second-order valence-electron chi connectivity index (χ2n) is 1.46. The van der Waals surface area contributed by atoms with Crippen molar-refractivity contribution < 1.29 is 0 Å². The molecule has 0 N–H and O–H groups in total. The summed E-state index contributed by atoms with van der Waals surface area (Å²) in [7, 11) is 0. The van der Waals surface area contributed by atoms with Gasteiger partial charge in [-0.2, -0.15) is 0 Å². The van der Waals surface area contributed by atoms with E-state index in [2.05, 4.69) is 48.2 Å². The third-order valence-electron chi connectivity index (χ3n) is 0.910. The zero-order valence-electron chi connectivity index (χ0n) is 4.50. The van der Waals surface area contributed by atoms with E-state index in [1.807, 2.05) is 0 Å². The molecule has 0 aliphatic rings. The van der Waals surface area contributed by atoms with Crippen LogP contribution in [0.5, 0.6) is 0 Å². The molecule has 0 unspecified atom stereocenters. The summed E-state index contributed by atoms with van der Waals surface area (Å²) < 4.78 is 1.55. The molecule has 0 atom stereocenters. The maximum absolute atomic E-state index is 2.20. The van der Waals surface area contributed by atoms with Gasteiger partial charge in [-0.15, -0.1) is 0 Å². The Morgan fingerprint density at radius 1 is 1.12 bits per heavy atom. The summed E-state index contributed by atoms with van der Waals surface area (Å²) in [5.41, 5.74) is 0. The fraction of sp³-hybridized carbons (Fsp3) is 0. The number of benzene rings is 1. The Kier molecular flexibility index (Phi) is 3.22. The van der Waals surface area contributed by atoms with Crippen LogP contribution in [0, 0.1) is 0 Å². The summed E-state index contributed by atoms with van der Waals surface area (Å²) in [6.07, 6.45) is 0. The Labute approximate surface area is 68.5 Å². The van der Waals surface area contributed by atoms with Gasteiger partial charge in [-0.3, -0.25) is 0 Å². The van der Waals surface area contributed by atoms with Gasteiger partial charge in [0.1, 0.15) is 0 Å². The molecule has 0 radical (unpaired) electrons. The second kappa shape index (κ2) is 3.74. The monoisotopic (exact) mass is 231 g/mol. The van der Waals surface area contributed by atoms with Crippen molar-refractivity contribution in [2.45, 2.75) is 0 Å². The first kappa shape index (κ1) is 6.89. The quantitative estimate of drug-likeness (QED) is 0.599. The van der Waals surface area contributed by atoms with E-state index in [1.165, 1.54) is 0 Å². The Hall–Kier alpha value is 0.776.